The zero-order valence-corrected chi connectivity index (χ0v) is 14.7. The second kappa shape index (κ2) is 7.59. The Hall–Kier alpha value is -2.19. The van der Waals surface area contributed by atoms with Crippen LogP contribution in [0, 0.1) is 5.92 Å². The van der Waals surface area contributed by atoms with E-state index in [4.69, 9.17) is 0 Å². The molecule has 2 rings (SSSR count). The average Bonchev–Trinajstić information content (AvgIpc) is 2.99. The van der Waals surface area contributed by atoms with Crippen molar-refractivity contribution >= 4 is 15.9 Å². The summed E-state index contributed by atoms with van der Waals surface area (Å²) in [6, 6.07) is 10.7. The first-order valence-electron chi connectivity index (χ1n) is 7.61. The van der Waals surface area contributed by atoms with E-state index in [1.165, 1.54) is 0 Å². The number of aromatic nitrogens is 2. The van der Waals surface area contributed by atoms with Crippen LogP contribution in [-0.4, -0.2) is 36.8 Å². The molecule has 3 N–H and O–H groups in total. The van der Waals surface area contributed by atoms with Crippen molar-refractivity contribution in [2.24, 2.45) is 5.92 Å². The van der Waals surface area contributed by atoms with Crippen LogP contribution in [0.5, 0.6) is 0 Å². The van der Waals surface area contributed by atoms with Crippen molar-refractivity contribution in [3.05, 3.63) is 42.1 Å². The van der Waals surface area contributed by atoms with E-state index in [2.05, 4.69) is 20.2 Å². The fraction of sp³-hybridized carbons (Fsp3) is 0.375. The van der Waals surface area contributed by atoms with Crippen LogP contribution in [0.3, 0.4) is 0 Å². The quantitative estimate of drug-likeness (QED) is 0.699. The van der Waals surface area contributed by atoms with Gasteiger partial charge >= 0.3 is 0 Å². The van der Waals surface area contributed by atoms with Crippen LogP contribution in [0.25, 0.3) is 11.3 Å². The number of sulfonamides is 1. The van der Waals surface area contributed by atoms with Crippen molar-refractivity contribution in [1.82, 2.24) is 20.2 Å². The van der Waals surface area contributed by atoms with Gasteiger partial charge < -0.3 is 5.32 Å². The van der Waals surface area contributed by atoms with Crippen molar-refractivity contribution in [1.29, 1.82) is 0 Å². The number of nitrogens with zero attached hydrogens (tertiary/aromatic N) is 1. The van der Waals surface area contributed by atoms with Gasteiger partial charge in [0, 0.05) is 5.56 Å². The van der Waals surface area contributed by atoms with Gasteiger partial charge in [-0.2, -0.15) is 5.10 Å². The number of carbonyl (C=O) groups excluding carboxylic acids is 1. The summed E-state index contributed by atoms with van der Waals surface area (Å²) in [5, 5.41) is 9.82. The second-order valence-corrected chi connectivity index (χ2v) is 7.75. The monoisotopic (exact) mass is 350 g/mol. The minimum atomic E-state index is -3.46. The third kappa shape index (κ3) is 5.17. The molecule has 1 heterocycles. The van der Waals surface area contributed by atoms with Gasteiger partial charge in [0.25, 0.3) is 0 Å². The number of hydrogen-bond acceptors (Lipinski definition) is 4. The predicted molar refractivity (Wildman–Crippen MR) is 92.5 cm³/mol. The van der Waals surface area contributed by atoms with Crippen LogP contribution in [-0.2, 0) is 21.4 Å². The van der Waals surface area contributed by atoms with Gasteiger partial charge in [-0.3, -0.25) is 9.89 Å². The molecule has 1 amide bonds. The van der Waals surface area contributed by atoms with E-state index in [-0.39, 0.29) is 18.4 Å². The third-order valence-corrected chi connectivity index (χ3v) is 4.13. The smallest absolute Gasteiger partial charge is 0.238 e. The van der Waals surface area contributed by atoms with Gasteiger partial charge in [-0.1, -0.05) is 44.2 Å². The van der Waals surface area contributed by atoms with E-state index in [9.17, 15) is 13.2 Å². The molecule has 1 aromatic heterocycles. The van der Waals surface area contributed by atoms with Crippen molar-refractivity contribution in [3.63, 3.8) is 0 Å². The van der Waals surface area contributed by atoms with Crippen molar-refractivity contribution in [2.45, 2.75) is 26.4 Å². The van der Waals surface area contributed by atoms with Crippen LogP contribution in [0.2, 0.25) is 0 Å². The lowest BCUT2D eigenvalue weighted by Gasteiger charge is -2.20. The summed E-state index contributed by atoms with van der Waals surface area (Å²) in [5.74, 6) is -0.535. The fourth-order valence-electron chi connectivity index (χ4n) is 2.22. The molecule has 0 aliphatic carbocycles. The molecule has 0 unspecified atom stereocenters. The zero-order chi connectivity index (χ0) is 17.7. The predicted octanol–water partition coefficient (Wildman–Crippen LogP) is 1.27. The van der Waals surface area contributed by atoms with E-state index in [0.29, 0.717) is 0 Å². The van der Waals surface area contributed by atoms with E-state index in [1.807, 2.05) is 36.4 Å². The largest absolute Gasteiger partial charge is 0.349 e. The minimum absolute atomic E-state index is 0.165. The van der Waals surface area contributed by atoms with Crippen molar-refractivity contribution in [3.8, 4) is 11.3 Å². The Morgan fingerprint density at radius 1 is 1.25 bits per heavy atom. The molecule has 2 aromatic rings. The maximum absolute atomic E-state index is 12.2. The Morgan fingerprint density at radius 2 is 1.92 bits per heavy atom. The molecule has 0 fully saturated rings. The number of nitrogens with one attached hydrogen (secondary N) is 3. The number of H-pyrrole nitrogens is 1. The van der Waals surface area contributed by atoms with Crippen LogP contribution >= 0.6 is 0 Å². The molecule has 0 bridgehead atoms. The summed E-state index contributed by atoms with van der Waals surface area (Å²) in [7, 11) is -3.46. The minimum Gasteiger partial charge on any atom is -0.349 e. The number of hydrogen-bond donors (Lipinski definition) is 3. The van der Waals surface area contributed by atoms with Gasteiger partial charge in [-0.25, -0.2) is 13.1 Å². The van der Waals surface area contributed by atoms with Gasteiger partial charge in [-0.05, 0) is 12.0 Å². The van der Waals surface area contributed by atoms with Crippen LogP contribution in [0.15, 0.2) is 36.4 Å². The van der Waals surface area contributed by atoms with Gasteiger partial charge in [0.05, 0.1) is 24.2 Å². The molecule has 0 saturated carbocycles. The van der Waals surface area contributed by atoms with Gasteiger partial charge in [0.15, 0.2) is 0 Å². The molecule has 0 spiro atoms. The highest BCUT2D eigenvalue weighted by molar-refractivity contribution is 7.88. The van der Waals surface area contributed by atoms with Crippen LogP contribution in [0.4, 0.5) is 0 Å². The molecule has 7 nitrogen and oxygen atoms in total. The van der Waals surface area contributed by atoms with Crippen LogP contribution in [0.1, 0.15) is 19.5 Å². The molecule has 1 aromatic carbocycles. The first-order chi connectivity index (χ1) is 11.3. The normalized spacial score (nSPS) is 13.0. The highest BCUT2D eigenvalue weighted by atomic mass is 32.2. The van der Waals surface area contributed by atoms with Gasteiger partial charge in [0.1, 0.15) is 6.04 Å². The lowest BCUT2D eigenvalue weighted by molar-refractivity contribution is -0.123. The molecule has 8 heteroatoms. The van der Waals surface area contributed by atoms with E-state index < -0.39 is 16.1 Å². The molecule has 0 aliphatic heterocycles. The number of amides is 1. The summed E-state index contributed by atoms with van der Waals surface area (Å²) in [4.78, 5) is 12.2. The molecule has 1 atom stereocenters. The Bertz CT molecular complexity index is 785. The van der Waals surface area contributed by atoms with Gasteiger partial charge in [0.2, 0.25) is 15.9 Å². The van der Waals surface area contributed by atoms with Gasteiger partial charge in [-0.15, -0.1) is 0 Å². The number of aromatic amines is 1. The lowest BCUT2D eigenvalue weighted by atomic mass is 10.1. The van der Waals surface area contributed by atoms with Crippen molar-refractivity contribution in [2.75, 3.05) is 6.26 Å². The lowest BCUT2D eigenvalue weighted by Crippen LogP contribution is -2.49. The second-order valence-electron chi connectivity index (χ2n) is 5.97. The molecule has 0 aliphatic rings. The molecule has 130 valence electrons. The first-order valence-corrected chi connectivity index (χ1v) is 9.50. The third-order valence-electron chi connectivity index (χ3n) is 3.44. The fourth-order valence-corrected chi connectivity index (χ4v) is 3.06. The first kappa shape index (κ1) is 18.2. The van der Waals surface area contributed by atoms with Crippen LogP contribution < -0.4 is 10.0 Å². The maximum Gasteiger partial charge on any atom is 0.238 e. The Kier molecular flexibility index (Phi) is 5.74. The van der Waals surface area contributed by atoms with Crippen molar-refractivity contribution < 1.29 is 13.2 Å². The summed E-state index contributed by atoms with van der Waals surface area (Å²) < 4.78 is 25.1. The summed E-state index contributed by atoms with van der Waals surface area (Å²) >= 11 is 0. The Morgan fingerprint density at radius 3 is 2.50 bits per heavy atom. The molecule has 0 radical (unpaired) electrons. The average molecular weight is 350 g/mol. The summed E-state index contributed by atoms with van der Waals surface area (Å²) in [6.45, 7) is 3.81. The Balaban J connectivity index is 1.99. The van der Waals surface area contributed by atoms with E-state index in [0.717, 1.165) is 23.2 Å². The summed E-state index contributed by atoms with van der Waals surface area (Å²) in [6.07, 6.45) is 1.04. The molecular weight excluding hydrogens is 328 g/mol. The Labute approximate surface area is 141 Å². The standard InChI is InChI=1S/C16H22N4O3S/c1-11(2)15(20-24(3,22)23)16(21)17-10-13-9-14(19-18-13)12-7-5-4-6-8-12/h4-9,11,15,20H,10H2,1-3H3,(H,17,21)(H,18,19)/t15-/m0/s1. The molecule has 24 heavy (non-hydrogen) atoms. The highest BCUT2D eigenvalue weighted by Crippen LogP contribution is 2.16. The molecule has 0 saturated heterocycles. The maximum atomic E-state index is 12.2. The number of carbonyl (C=O) groups is 1. The SMILES string of the molecule is CC(C)[C@H](NS(C)(=O)=O)C(=O)NCc1cc(-c2ccccc2)n[nH]1. The topological polar surface area (TPSA) is 104 Å². The van der Waals surface area contributed by atoms with E-state index in [1.54, 1.807) is 13.8 Å². The van der Waals surface area contributed by atoms with E-state index >= 15 is 0 Å². The zero-order valence-electron chi connectivity index (χ0n) is 13.9. The number of benzene rings is 1. The number of rotatable bonds is 7. The molecular formula is C16H22N4O3S. The highest BCUT2D eigenvalue weighted by Gasteiger charge is 2.25. The summed E-state index contributed by atoms with van der Waals surface area (Å²) in [5.41, 5.74) is 2.50.